The van der Waals surface area contributed by atoms with Crippen LogP contribution in [0.5, 0.6) is 0 Å². The molecule has 122 valence electrons. The average molecular weight is 329 g/mol. The van der Waals surface area contributed by atoms with Crippen LogP contribution >= 0.6 is 0 Å². The summed E-state index contributed by atoms with van der Waals surface area (Å²) in [6.45, 7) is 2.25. The van der Waals surface area contributed by atoms with Gasteiger partial charge in [0.2, 0.25) is 15.9 Å². The Morgan fingerprint density at radius 3 is 2.82 bits per heavy atom. The highest BCUT2D eigenvalue weighted by Crippen LogP contribution is 2.28. The molecule has 22 heavy (non-hydrogen) atoms. The molecule has 0 spiro atoms. The van der Waals surface area contributed by atoms with Crippen LogP contribution in [0.15, 0.2) is 23.1 Å². The molecule has 0 saturated carbocycles. The van der Waals surface area contributed by atoms with E-state index in [0.717, 1.165) is 18.9 Å². The summed E-state index contributed by atoms with van der Waals surface area (Å²) in [5, 5.41) is 5.29. The molecule has 1 aromatic rings. The number of hydrogen-bond donors (Lipinski definition) is 2. The molecule has 1 unspecified atom stereocenters. The first-order valence-corrected chi connectivity index (χ1v) is 8.54. The molecule has 1 aromatic carbocycles. The SMILES string of the molecule is CNCC1CCCN1S(=O)(=O)c1ccc(F)c(NC(C)=O)c1. The lowest BCUT2D eigenvalue weighted by atomic mass is 10.2. The standard InChI is InChI=1S/C14H20FN3O3S/c1-10(19)17-14-8-12(5-6-13(14)15)22(20,21)18-7-3-4-11(18)9-16-2/h5-6,8,11,16H,3-4,7,9H2,1-2H3,(H,17,19). The number of likely N-dealkylation sites (N-methyl/N-ethyl adjacent to an activating group) is 1. The monoisotopic (exact) mass is 329 g/mol. The van der Waals surface area contributed by atoms with E-state index in [-0.39, 0.29) is 16.6 Å². The number of carbonyl (C=O) groups excluding carboxylic acids is 1. The predicted molar refractivity (Wildman–Crippen MR) is 81.5 cm³/mol. The first-order chi connectivity index (χ1) is 10.4. The van der Waals surface area contributed by atoms with Gasteiger partial charge < -0.3 is 10.6 Å². The van der Waals surface area contributed by atoms with E-state index in [1.165, 1.54) is 23.4 Å². The molecule has 8 heteroatoms. The van der Waals surface area contributed by atoms with Gasteiger partial charge in [-0.3, -0.25) is 4.79 Å². The Bertz CT molecular complexity index is 663. The Morgan fingerprint density at radius 2 is 2.18 bits per heavy atom. The number of carbonyl (C=O) groups is 1. The van der Waals surface area contributed by atoms with Crippen LogP contribution in [0.1, 0.15) is 19.8 Å². The topological polar surface area (TPSA) is 78.5 Å². The molecule has 0 aromatic heterocycles. The van der Waals surface area contributed by atoms with Crippen molar-refractivity contribution in [3.63, 3.8) is 0 Å². The van der Waals surface area contributed by atoms with Crippen LogP contribution in [0, 0.1) is 5.82 Å². The van der Waals surface area contributed by atoms with Crippen molar-refractivity contribution in [2.75, 3.05) is 25.5 Å². The van der Waals surface area contributed by atoms with Gasteiger partial charge in [0.1, 0.15) is 5.82 Å². The van der Waals surface area contributed by atoms with E-state index in [4.69, 9.17) is 0 Å². The van der Waals surface area contributed by atoms with Gasteiger partial charge in [0, 0.05) is 26.1 Å². The van der Waals surface area contributed by atoms with Gasteiger partial charge in [-0.05, 0) is 38.1 Å². The highest BCUT2D eigenvalue weighted by atomic mass is 32.2. The van der Waals surface area contributed by atoms with Gasteiger partial charge in [0.25, 0.3) is 0 Å². The van der Waals surface area contributed by atoms with Crippen LogP contribution in [0.3, 0.4) is 0 Å². The number of anilines is 1. The van der Waals surface area contributed by atoms with Crippen molar-refractivity contribution in [2.45, 2.75) is 30.7 Å². The molecule has 1 saturated heterocycles. The summed E-state index contributed by atoms with van der Waals surface area (Å²) in [6.07, 6.45) is 1.59. The smallest absolute Gasteiger partial charge is 0.243 e. The summed E-state index contributed by atoms with van der Waals surface area (Å²) >= 11 is 0. The molecule has 1 fully saturated rings. The van der Waals surface area contributed by atoms with E-state index in [1.807, 2.05) is 0 Å². The summed E-state index contributed by atoms with van der Waals surface area (Å²) in [7, 11) is -1.94. The summed E-state index contributed by atoms with van der Waals surface area (Å²) in [4.78, 5) is 11.1. The van der Waals surface area contributed by atoms with Crippen LogP contribution in [0.2, 0.25) is 0 Å². The van der Waals surface area contributed by atoms with E-state index in [9.17, 15) is 17.6 Å². The van der Waals surface area contributed by atoms with Gasteiger partial charge in [-0.2, -0.15) is 4.31 Å². The van der Waals surface area contributed by atoms with Crippen molar-refractivity contribution in [1.82, 2.24) is 9.62 Å². The fourth-order valence-corrected chi connectivity index (χ4v) is 4.37. The number of halogens is 1. The Hall–Kier alpha value is -1.51. The van der Waals surface area contributed by atoms with Crippen LogP contribution in [-0.4, -0.2) is 44.8 Å². The number of hydrogen-bond acceptors (Lipinski definition) is 4. The molecule has 1 aliphatic rings. The summed E-state index contributed by atoms with van der Waals surface area (Å²) < 4.78 is 40.6. The van der Waals surface area contributed by atoms with E-state index in [1.54, 1.807) is 7.05 Å². The maximum Gasteiger partial charge on any atom is 0.243 e. The zero-order valence-corrected chi connectivity index (χ0v) is 13.4. The van der Waals surface area contributed by atoms with Gasteiger partial charge in [-0.15, -0.1) is 0 Å². The van der Waals surface area contributed by atoms with Gasteiger partial charge in [0.15, 0.2) is 0 Å². The molecule has 1 amide bonds. The molecule has 0 radical (unpaired) electrons. The Labute approximate surface area is 129 Å². The minimum atomic E-state index is -3.71. The molecule has 1 atom stereocenters. The molecule has 0 aliphatic carbocycles. The lowest BCUT2D eigenvalue weighted by Crippen LogP contribution is -2.40. The molecule has 2 N–H and O–H groups in total. The lowest BCUT2D eigenvalue weighted by Gasteiger charge is -2.24. The molecular weight excluding hydrogens is 309 g/mol. The highest BCUT2D eigenvalue weighted by Gasteiger charge is 2.35. The van der Waals surface area contributed by atoms with Crippen LogP contribution < -0.4 is 10.6 Å². The summed E-state index contributed by atoms with van der Waals surface area (Å²) in [5.41, 5.74) is -0.127. The molecule has 0 bridgehead atoms. The first kappa shape index (κ1) is 16.9. The maximum absolute atomic E-state index is 13.7. The minimum Gasteiger partial charge on any atom is -0.324 e. The van der Waals surface area contributed by atoms with E-state index < -0.39 is 21.7 Å². The van der Waals surface area contributed by atoms with Gasteiger partial charge >= 0.3 is 0 Å². The summed E-state index contributed by atoms with van der Waals surface area (Å²) in [5.74, 6) is -1.12. The van der Waals surface area contributed by atoms with Gasteiger partial charge in [0.05, 0.1) is 10.6 Å². The van der Waals surface area contributed by atoms with Gasteiger partial charge in [-0.25, -0.2) is 12.8 Å². The van der Waals surface area contributed by atoms with Crippen molar-refractivity contribution >= 4 is 21.6 Å². The molecule has 1 aliphatic heterocycles. The van der Waals surface area contributed by atoms with Crippen molar-refractivity contribution in [3.8, 4) is 0 Å². The van der Waals surface area contributed by atoms with E-state index in [0.29, 0.717) is 13.1 Å². The van der Waals surface area contributed by atoms with Crippen molar-refractivity contribution in [2.24, 2.45) is 0 Å². The Balaban J connectivity index is 2.35. The van der Waals surface area contributed by atoms with E-state index in [2.05, 4.69) is 10.6 Å². The quantitative estimate of drug-likeness (QED) is 0.850. The maximum atomic E-state index is 13.7. The predicted octanol–water partition coefficient (Wildman–Crippen LogP) is 1.16. The first-order valence-electron chi connectivity index (χ1n) is 7.10. The van der Waals surface area contributed by atoms with E-state index >= 15 is 0 Å². The fraction of sp³-hybridized carbons (Fsp3) is 0.500. The fourth-order valence-electron chi connectivity index (χ4n) is 2.65. The Kier molecular flexibility index (Phi) is 5.15. The van der Waals surface area contributed by atoms with Crippen molar-refractivity contribution in [3.05, 3.63) is 24.0 Å². The number of nitrogens with one attached hydrogen (secondary N) is 2. The largest absolute Gasteiger partial charge is 0.324 e. The van der Waals surface area contributed by atoms with Crippen LogP contribution in [0.4, 0.5) is 10.1 Å². The Morgan fingerprint density at radius 1 is 1.45 bits per heavy atom. The minimum absolute atomic E-state index is 0.0133. The average Bonchev–Trinajstić information content (AvgIpc) is 2.90. The van der Waals surface area contributed by atoms with Gasteiger partial charge in [-0.1, -0.05) is 0 Å². The third kappa shape index (κ3) is 3.45. The number of amides is 1. The second kappa shape index (κ2) is 6.72. The number of rotatable bonds is 5. The second-order valence-electron chi connectivity index (χ2n) is 5.29. The third-order valence-electron chi connectivity index (χ3n) is 3.62. The molecule has 1 heterocycles. The second-order valence-corrected chi connectivity index (χ2v) is 7.18. The lowest BCUT2D eigenvalue weighted by molar-refractivity contribution is -0.114. The highest BCUT2D eigenvalue weighted by molar-refractivity contribution is 7.89. The van der Waals surface area contributed by atoms with Crippen LogP contribution in [-0.2, 0) is 14.8 Å². The number of benzene rings is 1. The molecule has 2 rings (SSSR count). The molecule has 6 nitrogen and oxygen atoms in total. The number of sulfonamides is 1. The zero-order chi connectivity index (χ0) is 16.3. The number of nitrogens with zero attached hydrogens (tertiary/aromatic N) is 1. The van der Waals surface area contributed by atoms with Crippen molar-refractivity contribution in [1.29, 1.82) is 0 Å². The zero-order valence-electron chi connectivity index (χ0n) is 12.6. The third-order valence-corrected chi connectivity index (χ3v) is 5.57. The summed E-state index contributed by atoms with van der Waals surface area (Å²) in [6, 6.07) is 3.34. The van der Waals surface area contributed by atoms with Crippen molar-refractivity contribution < 1.29 is 17.6 Å². The normalized spacial score (nSPS) is 19.3. The van der Waals surface area contributed by atoms with Crippen LogP contribution in [0.25, 0.3) is 0 Å². The molecular formula is C14H20FN3O3S.